The predicted molar refractivity (Wildman–Crippen MR) is 109 cm³/mol. The number of aromatic amines is 1. The first-order valence-electron chi connectivity index (χ1n) is 9.61. The quantitative estimate of drug-likeness (QED) is 0.870. The number of anilines is 1. The van der Waals surface area contributed by atoms with Crippen molar-refractivity contribution in [3.8, 4) is 0 Å². The minimum atomic E-state index is 0.0299. The molecule has 1 N–H and O–H groups in total. The molecule has 1 saturated heterocycles. The van der Waals surface area contributed by atoms with Crippen LogP contribution in [0.1, 0.15) is 16.8 Å². The highest BCUT2D eigenvalue weighted by Crippen LogP contribution is 2.17. The standard InChI is InChI=1S/C20H26ClN5O/c1-24-10-12-26(13-11-24)20-22-18-7-9-25(8-6-17(18)19(27)23-20)14-15-2-4-16(21)5-3-15/h2-5H,6-14H2,1H3,(H,22,23,27). The Hall–Kier alpha value is -1.89. The molecule has 1 fully saturated rings. The first-order valence-corrected chi connectivity index (χ1v) is 9.98. The highest BCUT2D eigenvalue weighted by molar-refractivity contribution is 6.30. The number of nitrogens with zero attached hydrogens (tertiary/aromatic N) is 4. The molecule has 6 nitrogen and oxygen atoms in total. The van der Waals surface area contributed by atoms with Gasteiger partial charge < -0.3 is 9.80 Å². The molecule has 0 spiro atoms. The SMILES string of the molecule is CN1CCN(c2nc3c(c(=O)[nH]2)CCN(Cc2ccc(Cl)cc2)CC3)CC1. The van der Waals surface area contributed by atoms with Gasteiger partial charge in [-0.25, -0.2) is 4.98 Å². The average Bonchev–Trinajstić information content (AvgIpc) is 2.87. The molecule has 144 valence electrons. The van der Waals surface area contributed by atoms with Crippen LogP contribution in [0, 0.1) is 0 Å². The number of likely N-dealkylation sites (N-methyl/N-ethyl adjacent to an activating group) is 1. The number of aromatic nitrogens is 2. The number of hydrogen-bond donors (Lipinski definition) is 1. The maximum Gasteiger partial charge on any atom is 0.255 e. The van der Waals surface area contributed by atoms with E-state index < -0.39 is 0 Å². The number of hydrogen-bond acceptors (Lipinski definition) is 5. The monoisotopic (exact) mass is 387 g/mol. The molecule has 7 heteroatoms. The summed E-state index contributed by atoms with van der Waals surface area (Å²) in [5, 5.41) is 0.759. The van der Waals surface area contributed by atoms with Gasteiger partial charge in [0.05, 0.1) is 5.69 Å². The molecule has 0 atom stereocenters. The van der Waals surface area contributed by atoms with Gasteiger partial charge >= 0.3 is 0 Å². The minimum Gasteiger partial charge on any atom is -0.340 e. The third-order valence-electron chi connectivity index (χ3n) is 5.55. The van der Waals surface area contributed by atoms with E-state index in [4.69, 9.17) is 16.6 Å². The summed E-state index contributed by atoms with van der Waals surface area (Å²) in [6, 6.07) is 7.99. The highest BCUT2D eigenvalue weighted by atomic mass is 35.5. The van der Waals surface area contributed by atoms with Crippen LogP contribution in [0.5, 0.6) is 0 Å². The van der Waals surface area contributed by atoms with Crippen LogP contribution in [0.15, 0.2) is 29.1 Å². The number of piperazine rings is 1. The number of fused-ring (bicyclic) bond motifs is 1. The Bertz CT molecular complexity index is 842. The van der Waals surface area contributed by atoms with E-state index in [2.05, 4.69) is 38.9 Å². The lowest BCUT2D eigenvalue weighted by Gasteiger charge is -2.32. The summed E-state index contributed by atoms with van der Waals surface area (Å²) < 4.78 is 0. The second kappa shape index (κ2) is 8.00. The van der Waals surface area contributed by atoms with Gasteiger partial charge in [-0.2, -0.15) is 0 Å². The van der Waals surface area contributed by atoms with Crippen molar-refractivity contribution in [2.75, 3.05) is 51.2 Å². The fraction of sp³-hybridized carbons (Fsp3) is 0.500. The van der Waals surface area contributed by atoms with Crippen molar-refractivity contribution in [1.29, 1.82) is 0 Å². The maximum absolute atomic E-state index is 12.7. The molecule has 2 aliphatic rings. The minimum absolute atomic E-state index is 0.0299. The molecule has 0 radical (unpaired) electrons. The molecule has 4 rings (SSSR count). The van der Waals surface area contributed by atoms with E-state index in [0.717, 1.165) is 80.9 Å². The predicted octanol–water partition coefficient (Wildman–Crippen LogP) is 1.78. The fourth-order valence-corrected chi connectivity index (χ4v) is 3.94. The molecule has 0 unspecified atom stereocenters. The number of nitrogens with one attached hydrogen (secondary N) is 1. The molecule has 3 heterocycles. The molecule has 0 aliphatic carbocycles. The molecular weight excluding hydrogens is 362 g/mol. The van der Waals surface area contributed by atoms with Gasteiger partial charge in [0, 0.05) is 62.8 Å². The van der Waals surface area contributed by atoms with Crippen LogP contribution in [-0.4, -0.2) is 66.1 Å². The van der Waals surface area contributed by atoms with Crippen molar-refractivity contribution < 1.29 is 0 Å². The second-order valence-corrected chi connectivity index (χ2v) is 7.94. The Kier molecular flexibility index (Phi) is 5.48. The van der Waals surface area contributed by atoms with E-state index in [9.17, 15) is 4.79 Å². The number of benzene rings is 1. The van der Waals surface area contributed by atoms with Crippen molar-refractivity contribution in [3.63, 3.8) is 0 Å². The van der Waals surface area contributed by atoms with Gasteiger partial charge in [0.1, 0.15) is 0 Å². The average molecular weight is 388 g/mol. The summed E-state index contributed by atoms with van der Waals surface area (Å²) in [5.74, 6) is 0.734. The number of halogens is 1. The van der Waals surface area contributed by atoms with Crippen LogP contribution in [0.2, 0.25) is 5.02 Å². The zero-order valence-electron chi connectivity index (χ0n) is 15.7. The molecule has 0 bridgehead atoms. The van der Waals surface area contributed by atoms with E-state index in [1.807, 2.05) is 12.1 Å². The lowest BCUT2D eigenvalue weighted by molar-refractivity contribution is 0.279. The third kappa shape index (κ3) is 4.34. The normalized spacial score (nSPS) is 19.0. The first kappa shape index (κ1) is 18.5. The van der Waals surface area contributed by atoms with Crippen molar-refractivity contribution >= 4 is 17.5 Å². The number of H-pyrrole nitrogens is 1. The zero-order valence-corrected chi connectivity index (χ0v) is 16.5. The van der Waals surface area contributed by atoms with Crippen LogP contribution < -0.4 is 10.5 Å². The van der Waals surface area contributed by atoms with Gasteiger partial charge in [-0.05, 0) is 31.2 Å². The molecule has 2 aromatic rings. The molecule has 27 heavy (non-hydrogen) atoms. The van der Waals surface area contributed by atoms with Gasteiger partial charge in [-0.1, -0.05) is 23.7 Å². The topological polar surface area (TPSA) is 55.5 Å². The lowest BCUT2D eigenvalue weighted by Crippen LogP contribution is -2.45. The first-order chi connectivity index (χ1) is 13.1. The van der Waals surface area contributed by atoms with Crippen LogP contribution in [0.25, 0.3) is 0 Å². The number of rotatable bonds is 3. The Morgan fingerprint density at radius 2 is 1.74 bits per heavy atom. The zero-order chi connectivity index (χ0) is 18.8. The Morgan fingerprint density at radius 1 is 1.04 bits per heavy atom. The van der Waals surface area contributed by atoms with Gasteiger partial charge in [-0.3, -0.25) is 14.7 Å². The van der Waals surface area contributed by atoms with E-state index >= 15 is 0 Å². The molecule has 0 saturated carbocycles. The van der Waals surface area contributed by atoms with Gasteiger partial charge in [-0.15, -0.1) is 0 Å². The van der Waals surface area contributed by atoms with E-state index in [1.54, 1.807) is 0 Å². The fourth-order valence-electron chi connectivity index (χ4n) is 3.82. The summed E-state index contributed by atoms with van der Waals surface area (Å²) in [5.41, 5.74) is 3.09. The van der Waals surface area contributed by atoms with Crippen LogP contribution in [0.3, 0.4) is 0 Å². The Balaban J connectivity index is 1.48. The summed E-state index contributed by atoms with van der Waals surface area (Å²) in [4.78, 5) is 27.4. The van der Waals surface area contributed by atoms with Crippen LogP contribution in [-0.2, 0) is 19.4 Å². The Labute approximate surface area is 164 Å². The molecule has 1 aromatic heterocycles. The molecular formula is C20H26ClN5O. The molecule has 1 aromatic carbocycles. The van der Waals surface area contributed by atoms with Crippen molar-refractivity contribution in [1.82, 2.24) is 19.8 Å². The summed E-state index contributed by atoms with van der Waals surface area (Å²) in [7, 11) is 2.12. The summed E-state index contributed by atoms with van der Waals surface area (Å²) >= 11 is 5.98. The molecule has 2 aliphatic heterocycles. The van der Waals surface area contributed by atoms with Gasteiger partial charge in [0.25, 0.3) is 5.56 Å². The second-order valence-electron chi connectivity index (χ2n) is 7.51. The third-order valence-corrected chi connectivity index (χ3v) is 5.81. The Morgan fingerprint density at radius 3 is 2.48 bits per heavy atom. The highest BCUT2D eigenvalue weighted by Gasteiger charge is 2.22. The summed E-state index contributed by atoms with van der Waals surface area (Å²) in [6.45, 7) is 6.45. The van der Waals surface area contributed by atoms with Crippen molar-refractivity contribution in [2.45, 2.75) is 19.4 Å². The van der Waals surface area contributed by atoms with E-state index in [1.165, 1.54) is 5.56 Å². The largest absolute Gasteiger partial charge is 0.340 e. The van der Waals surface area contributed by atoms with Crippen molar-refractivity contribution in [2.24, 2.45) is 0 Å². The molecule has 0 amide bonds. The van der Waals surface area contributed by atoms with Crippen molar-refractivity contribution in [3.05, 3.63) is 56.5 Å². The van der Waals surface area contributed by atoms with Crippen LogP contribution in [0.4, 0.5) is 5.95 Å². The lowest BCUT2D eigenvalue weighted by atomic mass is 10.1. The van der Waals surface area contributed by atoms with E-state index in [0.29, 0.717) is 0 Å². The van der Waals surface area contributed by atoms with Crippen LogP contribution >= 0.6 is 11.6 Å². The maximum atomic E-state index is 12.7. The van der Waals surface area contributed by atoms with Gasteiger partial charge in [0.2, 0.25) is 5.95 Å². The van der Waals surface area contributed by atoms with Gasteiger partial charge in [0.15, 0.2) is 0 Å². The van der Waals surface area contributed by atoms with E-state index in [-0.39, 0.29) is 5.56 Å². The smallest absolute Gasteiger partial charge is 0.255 e. The summed E-state index contributed by atoms with van der Waals surface area (Å²) in [6.07, 6.45) is 1.56.